The zero-order chi connectivity index (χ0) is 14.3. The van der Waals surface area contributed by atoms with Gasteiger partial charge in [-0.2, -0.15) is 0 Å². The van der Waals surface area contributed by atoms with Gasteiger partial charge in [0.05, 0.1) is 11.1 Å². The molecule has 1 aliphatic rings. The number of aromatic nitrogens is 1. The number of aryl methyl sites for hydroxylation is 3. The minimum Gasteiger partial charge on any atom is -0.290 e. The fourth-order valence-corrected chi connectivity index (χ4v) is 3.26. The van der Waals surface area contributed by atoms with Gasteiger partial charge >= 0.3 is 0 Å². The van der Waals surface area contributed by atoms with Crippen molar-refractivity contribution in [2.24, 2.45) is 5.84 Å². The van der Waals surface area contributed by atoms with Crippen molar-refractivity contribution in [2.75, 3.05) is 0 Å². The molecule has 0 saturated heterocycles. The summed E-state index contributed by atoms with van der Waals surface area (Å²) in [6.07, 6.45) is 4.10. The second kappa shape index (κ2) is 4.87. The molecule has 4 nitrogen and oxygen atoms in total. The lowest BCUT2D eigenvalue weighted by Crippen LogP contribution is -2.32. The van der Waals surface area contributed by atoms with Gasteiger partial charge in [0.1, 0.15) is 0 Å². The number of nitrogens with one attached hydrogen (secondary N) is 1. The molecule has 0 saturated carbocycles. The topological polar surface area (TPSA) is 68.0 Å². The van der Waals surface area contributed by atoms with Crippen LogP contribution in [0.3, 0.4) is 0 Å². The first-order chi connectivity index (χ1) is 9.61. The molecule has 104 valence electrons. The van der Waals surface area contributed by atoms with Crippen LogP contribution in [0.5, 0.6) is 0 Å². The Morgan fingerprint density at radius 3 is 2.75 bits per heavy atom. The van der Waals surface area contributed by atoms with Crippen molar-refractivity contribution < 1.29 is 4.79 Å². The van der Waals surface area contributed by atoms with Crippen molar-refractivity contribution in [3.8, 4) is 0 Å². The fraction of sp³-hybridized carbons (Fsp3) is 0.375. The number of hydrazine groups is 1. The SMILES string of the molecule is Cc1cc(C)c2c(C(=O)NN)c3c(nc2c1)CCCC3. The molecule has 3 rings (SSSR count). The predicted molar refractivity (Wildman–Crippen MR) is 79.5 cm³/mol. The molecule has 2 aromatic rings. The molecule has 20 heavy (non-hydrogen) atoms. The number of fused-ring (bicyclic) bond motifs is 2. The van der Waals surface area contributed by atoms with E-state index in [0.717, 1.165) is 64.5 Å². The number of nitrogen functional groups attached to an aromatic ring is 1. The van der Waals surface area contributed by atoms with Gasteiger partial charge < -0.3 is 0 Å². The molecule has 0 spiro atoms. The Balaban J connectivity index is 2.43. The third-order valence-electron chi connectivity index (χ3n) is 4.06. The average molecular weight is 269 g/mol. The van der Waals surface area contributed by atoms with Crippen molar-refractivity contribution in [3.05, 3.63) is 40.1 Å². The van der Waals surface area contributed by atoms with E-state index in [2.05, 4.69) is 18.4 Å². The van der Waals surface area contributed by atoms with Crippen LogP contribution in [0.15, 0.2) is 12.1 Å². The molecule has 0 aliphatic heterocycles. The second-order valence-electron chi connectivity index (χ2n) is 5.57. The Hall–Kier alpha value is -1.94. The van der Waals surface area contributed by atoms with Gasteiger partial charge in [-0.15, -0.1) is 0 Å². The third kappa shape index (κ3) is 1.96. The largest absolute Gasteiger partial charge is 0.290 e. The van der Waals surface area contributed by atoms with Crippen LogP contribution in [0.1, 0.15) is 45.6 Å². The zero-order valence-corrected chi connectivity index (χ0v) is 11.9. The molecule has 0 radical (unpaired) electrons. The second-order valence-corrected chi connectivity index (χ2v) is 5.57. The summed E-state index contributed by atoms with van der Waals surface area (Å²) in [4.78, 5) is 17.1. The van der Waals surface area contributed by atoms with Crippen LogP contribution in [0, 0.1) is 13.8 Å². The van der Waals surface area contributed by atoms with Crippen molar-refractivity contribution in [1.29, 1.82) is 0 Å². The summed E-state index contributed by atoms with van der Waals surface area (Å²) in [5, 5.41) is 0.944. The van der Waals surface area contributed by atoms with Gasteiger partial charge in [-0.25, -0.2) is 5.84 Å². The molecule has 1 aromatic carbocycles. The van der Waals surface area contributed by atoms with Gasteiger partial charge in [-0.1, -0.05) is 6.07 Å². The molecule has 3 N–H and O–H groups in total. The van der Waals surface area contributed by atoms with Gasteiger partial charge in [-0.05, 0) is 62.3 Å². The summed E-state index contributed by atoms with van der Waals surface area (Å²) in [5.41, 5.74) is 8.32. The molecular weight excluding hydrogens is 250 g/mol. The number of nitrogens with two attached hydrogens (primary N) is 1. The Morgan fingerprint density at radius 1 is 1.25 bits per heavy atom. The van der Waals surface area contributed by atoms with E-state index in [1.54, 1.807) is 0 Å². The zero-order valence-electron chi connectivity index (χ0n) is 11.9. The maximum absolute atomic E-state index is 12.3. The van der Waals surface area contributed by atoms with Crippen LogP contribution in [0.4, 0.5) is 0 Å². The first-order valence-electron chi connectivity index (χ1n) is 7.05. The van der Waals surface area contributed by atoms with Crippen molar-refractivity contribution in [2.45, 2.75) is 39.5 Å². The number of nitrogens with zero attached hydrogens (tertiary/aromatic N) is 1. The molecule has 0 atom stereocenters. The van der Waals surface area contributed by atoms with Crippen LogP contribution < -0.4 is 11.3 Å². The van der Waals surface area contributed by atoms with Crippen LogP contribution in [-0.2, 0) is 12.8 Å². The van der Waals surface area contributed by atoms with E-state index in [1.165, 1.54) is 0 Å². The van der Waals surface area contributed by atoms with E-state index >= 15 is 0 Å². The van der Waals surface area contributed by atoms with Crippen LogP contribution >= 0.6 is 0 Å². The first kappa shape index (κ1) is 13.1. The fourth-order valence-electron chi connectivity index (χ4n) is 3.26. The Morgan fingerprint density at radius 2 is 2.00 bits per heavy atom. The monoisotopic (exact) mass is 269 g/mol. The van der Waals surface area contributed by atoms with E-state index in [0.29, 0.717) is 0 Å². The minimum absolute atomic E-state index is 0.206. The van der Waals surface area contributed by atoms with E-state index in [1.807, 2.05) is 13.0 Å². The Labute approximate surface area is 118 Å². The number of pyridine rings is 1. The summed E-state index contributed by atoms with van der Waals surface area (Å²) < 4.78 is 0. The molecular formula is C16H19N3O. The third-order valence-corrected chi connectivity index (χ3v) is 4.06. The molecule has 1 heterocycles. The Bertz CT molecular complexity index is 707. The van der Waals surface area contributed by atoms with Crippen molar-refractivity contribution in [1.82, 2.24) is 10.4 Å². The van der Waals surface area contributed by atoms with Crippen molar-refractivity contribution in [3.63, 3.8) is 0 Å². The standard InChI is InChI=1S/C16H19N3O/c1-9-7-10(2)14-13(8-9)18-12-6-4-3-5-11(12)15(14)16(20)19-17/h7-8H,3-6,17H2,1-2H3,(H,19,20). The predicted octanol–water partition coefficient (Wildman–Crippen LogP) is 2.33. The lowest BCUT2D eigenvalue weighted by Gasteiger charge is -2.21. The van der Waals surface area contributed by atoms with E-state index in [-0.39, 0.29) is 5.91 Å². The first-order valence-corrected chi connectivity index (χ1v) is 7.05. The smallest absolute Gasteiger partial charge is 0.266 e. The summed E-state index contributed by atoms with van der Waals surface area (Å²) in [6, 6.07) is 4.14. The van der Waals surface area contributed by atoms with Gasteiger partial charge in [0.2, 0.25) is 0 Å². The Kier molecular flexibility index (Phi) is 3.18. The highest BCUT2D eigenvalue weighted by molar-refractivity contribution is 6.08. The number of hydrogen-bond acceptors (Lipinski definition) is 3. The van der Waals surface area contributed by atoms with Gasteiger partial charge in [0, 0.05) is 11.1 Å². The lowest BCUT2D eigenvalue weighted by atomic mass is 9.88. The molecule has 0 fully saturated rings. The van der Waals surface area contributed by atoms with Crippen LogP contribution in [0.2, 0.25) is 0 Å². The van der Waals surface area contributed by atoms with Gasteiger partial charge in [-0.3, -0.25) is 15.2 Å². The van der Waals surface area contributed by atoms with Gasteiger partial charge in [0.25, 0.3) is 5.91 Å². The number of benzene rings is 1. The molecule has 1 aliphatic carbocycles. The summed E-state index contributed by atoms with van der Waals surface area (Å²) in [6.45, 7) is 4.08. The molecule has 4 heteroatoms. The summed E-state index contributed by atoms with van der Waals surface area (Å²) in [5.74, 6) is 5.18. The quantitative estimate of drug-likeness (QED) is 0.474. The maximum atomic E-state index is 12.3. The highest BCUT2D eigenvalue weighted by atomic mass is 16.2. The number of rotatable bonds is 1. The maximum Gasteiger partial charge on any atom is 0.266 e. The van der Waals surface area contributed by atoms with Gasteiger partial charge in [0.15, 0.2) is 0 Å². The normalized spacial score (nSPS) is 14.2. The highest BCUT2D eigenvalue weighted by Crippen LogP contribution is 2.31. The highest BCUT2D eigenvalue weighted by Gasteiger charge is 2.23. The number of carbonyl (C=O) groups excluding carboxylic acids is 1. The van der Waals surface area contributed by atoms with E-state index in [4.69, 9.17) is 10.8 Å². The summed E-state index contributed by atoms with van der Waals surface area (Å²) in [7, 11) is 0. The summed E-state index contributed by atoms with van der Waals surface area (Å²) >= 11 is 0. The molecule has 1 aromatic heterocycles. The number of hydrogen-bond donors (Lipinski definition) is 2. The van der Waals surface area contributed by atoms with E-state index < -0.39 is 0 Å². The van der Waals surface area contributed by atoms with Crippen LogP contribution in [-0.4, -0.2) is 10.9 Å². The average Bonchev–Trinajstić information content (AvgIpc) is 2.44. The molecule has 0 unspecified atom stereocenters. The number of carbonyl (C=O) groups is 1. The molecule has 1 amide bonds. The minimum atomic E-state index is -0.206. The van der Waals surface area contributed by atoms with E-state index in [9.17, 15) is 4.79 Å². The van der Waals surface area contributed by atoms with Crippen molar-refractivity contribution >= 4 is 16.8 Å². The molecule has 0 bridgehead atoms. The lowest BCUT2D eigenvalue weighted by molar-refractivity contribution is 0.0954. The number of amides is 1. The van der Waals surface area contributed by atoms with Crippen LogP contribution in [0.25, 0.3) is 10.9 Å².